The highest BCUT2D eigenvalue weighted by Gasteiger charge is 2.05. The summed E-state index contributed by atoms with van der Waals surface area (Å²) in [5, 5.41) is 2.51. The number of rotatable bonds is 5. The number of carbonyl (C=O) groups is 1. The highest BCUT2D eigenvalue weighted by Crippen LogP contribution is 2.12. The van der Waals surface area contributed by atoms with Crippen LogP contribution in [0.5, 0.6) is 5.75 Å². The van der Waals surface area contributed by atoms with Gasteiger partial charge in [-0.05, 0) is 30.3 Å². The lowest BCUT2D eigenvalue weighted by Crippen LogP contribution is -2.21. The van der Waals surface area contributed by atoms with Crippen LogP contribution in [0, 0.1) is 0 Å². The van der Waals surface area contributed by atoms with Crippen LogP contribution in [0.15, 0.2) is 42.7 Å². The van der Waals surface area contributed by atoms with E-state index in [-0.39, 0.29) is 18.5 Å². The molecule has 7 heteroatoms. The molecule has 1 amide bonds. The van der Waals surface area contributed by atoms with Crippen molar-refractivity contribution in [2.75, 3.05) is 11.9 Å². The molecule has 0 aliphatic heterocycles. The lowest BCUT2D eigenvalue weighted by atomic mass is 10.2. The van der Waals surface area contributed by atoms with Crippen LogP contribution >= 0.6 is 12.2 Å². The quantitative estimate of drug-likeness (QED) is 0.802. The minimum Gasteiger partial charge on any atom is -0.484 e. The van der Waals surface area contributed by atoms with Crippen molar-refractivity contribution in [3.63, 3.8) is 0 Å². The van der Waals surface area contributed by atoms with Gasteiger partial charge in [0.15, 0.2) is 6.61 Å². The number of hydrogen-bond acceptors (Lipinski definition) is 5. The van der Waals surface area contributed by atoms with Crippen molar-refractivity contribution in [3.8, 4) is 5.75 Å². The third kappa shape index (κ3) is 3.99. The second kappa shape index (κ2) is 6.58. The number of anilines is 1. The lowest BCUT2D eigenvalue weighted by Gasteiger charge is -2.07. The number of benzene rings is 1. The fourth-order valence-corrected chi connectivity index (χ4v) is 1.52. The molecule has 2 aromatic rings. The molecule has 0 saturated carbocycles. The van der Waals surface area contributed by atoms with Gasteiger partial charge in [-0.3, -0.25) is 10.1 Å². The van der Waals surface area contributed by atoms with Gasteiger partial charge in [-0.25, -0.2) is 9.97 Å². The van der Waals surface area contributed by atoms with Crippen LogP contribution in [0.25, 0.3) is 0 Å². The molecule has 0 aliphatic carbocycles. The molecule has 0 fully saturated rings. The molecule has 1 heterocycles. The van der Waals surface area contributed by atoms with Crippen LogP contribution < -0.4 is 15.8 Å². The Labute approximate surface area is 121 Å². The summed E-state index contributed by atoms with van der Waals surface area (Å²) in [6.07, 6.45) is 3.08. The van der Waals surface area contributed by atoms with Gasteiger partial charge >= 0.3 is 0 Å². The fourth-order valence-electron chi connectivity index (χ4n) is 1.39. The zero-order valence-electron chi connectivity index (χ0n) is 10.4. The predicted molar refractivity (Wildman–Crippen MR) is 78.5 cm³/mol. The first-order valence-electron chi connectivity index (χ1n) is 5.74. The number of thiocarbonyl (C=S) groups is 1. The average molecular weight is 288 g/mol. The Morgan fingerprint density at radius 1 is 1.25 bits per heavy atom. The van der Waals surface area contributed by atoms with E-state index in [1.807, 2.05) is 0 Å². The first-order valence-corrected chi connectivity index (χ1v) is 6.15. The van der Waals surface area contributed by atoms with Crippen molar-refractivity contribution < 1.29 is 9.53 Å². The molecule has 0 saturated heterocycles. The molecular weight excluding hydrogens is 276 g/mol. The predicted octanol–water partition coefficient (Wildman–Crippen LogP) is 1.13. The molecule has 102 valence electrons. The molecule has 1 aromatic carbocycles. The van der Waals surface area contributed by atoms with Gasteiger partial charge < -0.3 is 10.5 Å². The first kappa shape index (κ1) is 13.9. The van der Waals surface area contributed by atoms with Crippen LogP contribution in [0.2, 0.25) is 0 Å². The minimum atomic E-state index is -0.338. The third-order valence-electron chi connectivity index (χ3n) is 2.33. The van der Waals surface area contributed by atoms with Crippen molar-refractivity contribution in [3.05, 3.63) is 48.3 Å². The molecular formula is C13H12N4O2S. The van der Waals surface area contributed by atoms with Crippen molar-refractivity contribution in [2.45, 2.75) is 0 Å². The lowest BCUT2D eigenvalue weighted by molar-refractivity contribution is -0.118. The maximum absolute atomic E-state index is 11.6. The van der Waals surface area contributed by atoms with Crippen LogP contribution in [0.3, 0.4) is 0 Å². The maximum atomic E-state index is 11.6. The molecule has 1 aromatic heterocycles. The van der Waals surface area contributed by atoms with Crippen molar-refractivity contribution >= 4 is 29.1 Å². The standard InChI is InChI=1S/C13H12N4O2S/c14-12(20)9-2-4-10(5-3-9)19-8-11(18)17-13-15-6-1-7-16-13/h1-7H,8H2,(H2,14,20)(H,15,16,17,18). The SMILES string of the molecule is NC(=S)c1ccc(OCC(=O)Nc2ncccn2)cc1. The van der Waals surface area contributed by atoms with Crippen LogP contribution in [-0.2, 0) is 4.79 Å². The number of nitrogens with two attached hydrogens (primary N) is 1. The second-order valence-electron chi connectivity index (χ2n) is 3.80. The van der Waals surface area contributed by atoms with E-state index in [1.165, 1.54) is 12.4 Å². The van der Waals surface area contributed by atoms with Gasteiger partial charge in [-0.15, -0.1) is 0 Å². The molecule has 3 N–H and O–H groups in total. The molecule has 6 nitrogen and oxygen atoms in total. The van der Waals surface area contributed by atoms with Gasteiger partial charge in [0, 0.05) is 18.0 Å². The largest absolute Gasteiger partial charge is 0.484 e. The Balaban J connectivity index is 1.85. The molecule has 0 spiro atoms. The Morgan fingerprint density at radius 2 is 1.90 bits per heavy atom. The van der Waals surface area contributed by atoms with E-state index < -0.39 is 0 Å². The third-order valence-corrected chi connectivity index (χ3v) is 2.56. The molecule has 0 aliphatic rings. The molecule has 20 heavy (non-hydrogen) atoms. The zero-order chi connectivity index (χ0) is 14.4. The van der Waals surface area contributed by atoms with E-state index in [0.717, 1.165) is 5.56 Å². The fraction of sp³-hybridized carbons (Fsp3) is 0.0769. The average Bonchev–Trinajstić information content (AvgIpc) is 2.46. The van der Waals surface area contributed by atoms with Crippen molar-refractivity contribution in [2.24, 2.45) is 5.73 Å². The smallest absolute Gasteiger partial charge is 0.264 e. The Bertz CT molecular complexity index is 602. The number of ether oxygens (including phenoxy) is 1. The number of nitrogens with one attached hydrogen (secondary N) is 1. The molecule has 0 unspecified atom stereocenters. The first-order chi connectivity index (χ1) is 9.65. The topological polar surface area (TPSA) is 90.1 Å². The molecule has 2 rings (SSSR count). The molecule has 0 radical (unpaired) electrons. The summed E-state index contributed by atoms with van der Waals surface area (Å²) in [5.41, 5.74) is 6.23. The van der Waals surface area contributed by atoms with E-state index in [0.29, 0.717) is 10.7 Å². The van der Waals surface area contributed by atoms with Gasteiger partial charge in [-0.2, -0.15) is 0 Å². The Kier molecular flexibility index (Phi) is 4.56. The van der Waals surface area contributed by atoms with E-state index in [4.69, 9.17) is 22.7 Å². The van der Waals surface area contributed by atoms with E-state index in [9.17, 15) is 4.79 Å². The molecule has 0 bridgehead atoms. The maximum Gasteiger partial charge on any atom is 0.264 e. The van der Waals surface area contributed by atoms with Crippen LogP contribution in [0.4, 0.5) is 5.95 Å². The highest BCUT2D eigenvalue weighted by atomic mass is 32.1. The van der Waals surface area contributed by atoms with Crippen molar-refractivity contribution in [1.82, 2.24) is 9.97 Å². The minimum absolute atomic E-state index is 0.134. The number of aromatic nitrogens is 2. The zero-order valence-corrected chi connectivity index (χ0v) is 11.3. The van der Waals surface area contributed by atoms with E-state index in [1.54, 1.807) is 30.3 Å². The summed E-state index contributed by atoms with van der Waals surface area (Å²) in [4.78, 5) is 19.7. The summed E-state index contributed by atoms with van der Waals surface area (Å²) in [6.45, 7) is -0.134. The summed E-state index contributed by atoms with van der Waals surface area (Å²) >= 11 is 4.84. The Morgan fingerprint density at radius 3 is 2.50 bits per heavy atom. The summed E-state index contributed by atoms with van der Waals surface area (Å²) in [7, 11) is 0. The van der Waals surface area contributed by atoms with Crippen LogP contribution in [0.1, 0.15) is 5.56 Å². The van der Waals surface area contributed by atoms with Gasteiger partial charge in [0.25, 0.3) is 5.91 Å². The summed E-state index contributed by atoms with van der Waals surface area (Å²) < 4.78 is 5.32. The van der Waals surface area contributed by atoms with Gasteiger partial charge in [0.2, 0.25) is 5.95 Å². The van der Waals surface area contributed by atoms with Crippen molar-refractivity contribution in [1.29, 1.82) is 0 Å². The monoisotopic (exact) mass is 288 g/mol. The number of hydrogen-bond donors (Lipinski definition) is 2. The summed E-state index contributed by atoms with van der Waals surface area (Å²) in [6, 6.07) is 8.52. The normalized spacial score (nSPS) is 9.80. The Hall–Kier alpha value is -2.54. The van der Waals surface area contributed by atoms with Gasteiger partial charge in [0.1, 0.15) is 10.7 Å². The van der Waals surface area contributed by atoms with Gasteiger partial charge in [-0.1, -0.05) is 12.2 Å². The van der Waals surface area contributed by atoms with E-state index in [2.05, 4.69) is 15.3 Å². The number of nitrogens with zero attached hydrogens (tertiary/aromatic N) is 2. The second-order valence-corrected chi connectivity index (χ2v) is 4.24. The van der Waals surface area contributed by atoms with Crippen LogP contribution in [-0.4, -0.2) is 27.5 Å². The van der Waals surface area contributed by atoms with Gasteiger partial charge in [0.05, 0.1) is 0 Å². The number of amides is 1. The summed E-state index contributed by atoms with van der Waals surface area (Å²) in [5.74, 6) is 0.452. The molecule has 0 atom stereocenters. The number of carbonyl (C=O) groups excluding carboxylic acids is 1. The highest BCUT2D eigenvalue weighted by molar-refractivity contribution is 7.80. The van der Waals surface area contributed by atoms with E-state index >= 15 is 0 Å².